The molecule has 0 aromatic carbocycles. The van der Waals surface area contributed by atoms with Crippen LogP contribution in [-0.2, 0) is 23.6 Å². The third kappa shape index (κ3) is 2.73. The number of pyridine rings is 1. The maximum absolute atomic E-state index is 11.8. The van der Waals surface area contributed by atoms with Crippen LogP contribution in [0.4, 0.5) is 0 Å². The molecule has 1 fully saturated rings. The molecule has 1 N–H and O–H groups in total. The van der Waals surface area contributed by atoms with E-state index in [9.17, 15) is 8.42 Å². The smallest absolute Gasteiger partial charge is 0.214 e. The van der Waals surface area contributed by atoms with Crippen molar-refractivity contribution in [2.24, 2.45) is 7.05 Å². The van der Waals surface area contributed by atoms with Crippen LogP contribution in [0.5, 0.6) is 0 Å². The van der Waals surface area contributed by atoms with Gasteiger partial charge in [0.1, 0.15) is 0 Å². The second kappa shape index (κ2) is 4.99. The zero-order valence-corrected chi connectivity index (χ0v) is 12.0. The minimum absolute atomic E-state index is 0.200. The van der Waals surface area contributed by atoms with Gasteiger partial charge < -0.3 is 0 Å². The van der Waals surface area contributed by atoms with Crippen LogP contribution in [-0.4, -0.2) is 28.4 Å². The number of aromatic nitrogens is 3. The van der Waals surface area contributed by atoms with E-state index >= 15 is 0 Å². The fourth-order valence-electron chi connectivity index (χ4n) is 2.00. The third-order valence-electron chi connectivity index (χ3n) is 3.35. The van der Waals surface area contributed by atoms with E-state index in [1.54, 1.807) is 24.1 Å². The molecular weight excluding hydrogens is 276 g/mol. The second-order valence-corrected chi connectivity index (χ2v) is 7.00. The first-order valence-electron chi connectivity index (χ1n) is 6.48. The molecule has 0 atom stereocenters. The predicted molar refractivity (Wildman–Crippen MR) is 75.2 cm³/mol. The Kier molecular flexibility index (Phi) is 3.31. The third-order valence-corrected chi connectivity index (χ3v) is 5.25. The molecule has 6 nitrogen and oxygen atoms in total. The van der Waals surface area contributed by atoms with Crippen LogP contribution in [0.2, 0.25) is 0 Å². The number of hydrogen-bond donors (Lipinski definition) is 1. The van der Waals surface area contributed by atoms with Gasteiger partial charge in [-0.25, -0.2) is 13.1 Å². The van der Waals surface area contributed by atoms with E-state index in [2.05, 4.69) is 14.8 Å². The summed E-state index contributed by atoms with van der Waals surface area (Å²) in [6.45, 7) is 0.266. The molecule has 2 aromatic rings. The van der Waals surface area contributed by atoms with Gasteiger partial charge in [-0.05, 0) is 31.0 Å². The summed E-state index contributed by atoms with van der Waals surface area (Å²) in [5.74, 6) is 0. The van der Waals surface area contributed by atoms with Crippen molar-refractivity contribution in [3.05, 3.63) is 36.3 Å². The Morgan fingerprint density at radius 2 is 2.25 bits per heavy atom. The molecule has 0 aliphatic heterocycles. The first-order chi connectivity index (χ1) is 9.56. The highest BCUT2D eigenvalue weighted by molar-refractivity contribution is 7.90. The van der Waals surface area contributed by atoms with Crippen molar-refractivity contribution in [1.82, 2.24) is 19.5 Å². The molecule has 106 valence electrons. The van der Waals surface area contributed by atoms with Crippen LogP contribution < -0.4 is 4.72 Å². The van der Waals surface area contributed by atoms with Crippen molar-refractivity contribution >= 4 is 10.0 Å². The van der Waals surface area contributed by atoms with Gasteiger partial charge >= 0.3 is 0 Å². The Bertz CT molecular complexity index is 705. The summed E-state index contributed by atoms with van der Waals surface area (Å²) in [6.07, 6.45) is 4.97. The molecule has 1 saturated carbocycles. The Balaban J connectivity index is 1.76. The Morgan fingerprint density at radius 1 is 1.45 bits per heavy atom. The van der Waals surface area contributed by atoms with Crippen LogP contribution in [0, 0.1) is 0 Å². The molecule has 0 bridgehead atoms. The SMILES string of the molecule is Cn1nc(-c2cccnc2)cc1CNS(=O)(=O)C1CC1. The maximum atomic E-state index is 11.8. The minimum Gasteiger partial charge on any atom is -0.271 e. The quantitative estimate of drug-likeness (QED) is 0.894. The summed E-state index contributed by atoms with van der Waals surface area (Å²) in [4.78, 5) is 4.06. The molecule has 0 radical (unpaired) electrons. The first-order valence-corrected chi connectivity index (χ1v) is 8.03. The fraction of sp³-hybridized carbons (Fsp3) is 0.385. The molecule has 20 heavy (non-hydrogen) atoms. The van der Waals surface area contributed by atoms with Crippen LogP contribution in [0.1, 0.15) is 18.5 Å². The molecule has 1 aliphatic rings. The summed E-state index contributed by atoms with van der Waals surface area (Å²) >= 11 is 0. The summed E-state index contributed by atoms with van der Waals surface area (Å²) in [7, 11) is -1.35. The second-order valence-electron chi connectivity index (χ2n) is 4.95. The van der Waals surface area contributed by atoms with E-state index in [1.165, 1.54) is 0 Å². The molecule has 2 aromatic heterocycles. The van der Waals surface area contributed by atoms with Crippen molar-refractivity contribution in [2.75, 3.05) is 0 Å². The van der Waals surface area contributed by atoms with Gasteiger partial charge in [-0.15, -0.1) is 0 Å². The highest BCUT2D eigenvalue weighted by Crippen LogP contribution is 2.27. The largest absolute Gasteiger partial charge is 0.271 e. The number of hydrogen-bond acceptors (Lipinski definition) is 4. The Labute approximate surface area is 117 Å². The van der Waals surface area contributed by atoms with E-state index < -0.39 is 10.0 Å². The zero-order chi connectivity index (χ0) is 14.2. The van der Waals surface area contributed by atoms with E-state index in [0.29, 0.717) is 0 Å². The predicted octanol–water partition coefficient (Wildman–Crippen LogP) is 1.06. The standard InChI is InChI=1S/C13H16N4O2S/c1-17-11(9-15-20(18,19)12-4-5-12)7-13(16-17)10-3-2-6-14-8-10/h2-3,6-8,12,15H,4-5,9H2,1H3. The summed E-state index contributed by atoms with van der Waals surface area (Å²) in [5, 5.41) is 4.18. The van der Waals surface area contributed by atoms with Crippen molar-refractivity contribution in [1.29, 1.82) is 0 Å². The van der Waals surface area contributed by atoms with Gasteiger partial charge in [-0.3, -0.25) is 9.67 Å². The van der Waals surface area contributed by atoms with Gasteiger partial charge in [0.05, 0.1) is 23.2 Å². The lowest BCUT2D eigenvalue weighted by molar-refractivity contribution is 0.576. The summed E-state index contributed by atoms with van der Waals surface area (Å²) < 4.78 is 27.9. The molecule has 0 saturated heterocycles. The van der Waals surface area contributed by atoms with E-state index in [-0.39, 0.29) is 11.8 Å². The highest BCUT2D eigenvalue weighted by atomic mass is 32.2. The molecule has 2 heterocycles. The number of sulfonamides is 1. The molecular formula is C13H16N4O2S. The summed E-state index contributed by atoms with van der Waals surface area (Å²) in [5.41, 5.74) is 2.54. The maximum Gasteiger partial charge on any atom is 0.214 e. The van der Waals surface area contributed by atoms with E-state index in [4.69, 9.17) is 0 Å². The van der Waals surface area contributed by atoms with Crippen LogP contribution in [0.3, 0.4) is 0 Å². The fourth-order valence-corrected chi connectivity index (χ4v) is 3.34. The zero-order valence-electron chi connectivity index (χ0n) is 11.2. The van der Waals surface area contributed by atoms with Crippen LogP contribution in [0.15, 0.2) is 30.6 Å². The average molecular weight is 292 g/mol. The van der Waals surface area contributed by atoms with Crippen LogP contribution in [0.25, 0.3) is 11.3 Å². The number of rotatable bonds is 5. The molecule has 1 aliphatic carbocycles. The van der Waals surface area contributed by atoms with Gasteiger partial charge in [-0.1, -0.05) is 0 Å². The molecule has 0 unspecified atom stereocenters. The monoisotopic (exact) mass is 292 g/mol. The van der Waals surface area contributed by atoms with Gasteiger partial charge in [0.15, 0.2) is 0 Å². The molecule has 7 heteroatoms. The van der Waals surface area contributed by atoms with Crippen molar-refractivity contribution < 1.29 is 8.42 Å². The van der Waals surface area contributed by atoms with E-state index in [1.807, 2.05) is 18.2 Å². The molecule has 0 amide bonds. The molecule has 0 spiro atoms. The lowest BCUT2D eigenvalue weighted by atomic mass is 10.2. The Morgan fingerprint density at radius 3 is 2.90 bits per heavy atom. The lowest BCUT2D eigenvalue weighted by Crippen LogP contribution is -2.27. The highest BCUT2D eigenvalue weighted by Gasteiger charge is 2.35. The number of nitrogens with zero attached hydrogens (tertiary/aromatic N) is 3. The summed E-state index contributed by atoms with van der Waals surface area (Å²) in [6, 6.07) is 5.65. The first kappa shape index (κ1) is 13.3. The van der Waals surface area contributed by atoms with Gasteiger partial charge in [0.25, 0.3) is 0 Å². The minimum atomic E-state index is -3.16. The Hall–Kier alpha value is -1.73. The number of nitrogens with one attached hydrogen (secondary N) is 1. The van der Waals surface area contributed by atoms with Gasteiger partial charge in [0.2, 0.25) is 10.0 Å². The topological polar surface area (TPSA) is 76.9 Å². The van der Waals surface area contributed by atoms with Crippen LogP contribution >= 0.6 is 0 Å². The van der Waals surface area contributed by atoms with Gasteiger partial charge in [0, 0.05) is 25.0 Å². The lowest BCUT2D eigenvalue weighted by Gasteiger charge is -2.04. The van der Waals surface area contributed by atoms with Crippen molar-refractivity contribution in [3.63, 3.8) is 0 Å². The van der Waals surface area contributed by atoms with Crippen molar-refractivity contribution in [3.8, 4) is 11.3 Å². The van der Waals surface area contributed by atoms with Gasteiger partial charge in [-0.2, -0.15) is 5.10 Å². The average Bonchev–Trinajstić information content (AvgIpc) is 3.23. The van der Waals surface area contributed by atoms with E-state index in [0.717, 1.165) is 29.8 Å². The number of aryl methyl sites for hydroxylation is 1. The van der Waals surface area contributed by atoms with Crippen molar-refractivity contribution in [2.45, 2.75) is 24.6 Å². The normalized spacial score (nSPS) is 15.4. The molecule has 3 rings (SSSR count).